The zero-order valence-corrected chi connectivity index (χ0v) is 13.2. The summed E-state index contributed by atoms with van der Waals surface area (Å²) < 4.78 is 11.6. The smallest absolute Gasteiger partial charge is 0.0729 e. The summed E-state index contributed by atoms with van der Waals surface area (Å²) in [5.74, 6) is 3.70. The topological polar surface area (TPSA) is 44.5 Å². The molecule has 2 atom stereocenters. The molecule has 2 fully saturated rings. The van der Waals surface area contributed by atoms with E-state index in [1.54, 1.807) is 0 Å². The Hall–Kier alpha value is 0.230. The van der Waals surface area contributed by atoms with Gasteiger partial charge in [-0.05, 0) is 43.3 Å². The van der Waals surface area contributed by atoms with Crippen LogP contribution in [0.3, 0.4) is 0 Å². The van der Waals surface area contributed by atoms with E-state index in [-0.39, 0.29) is 5.60 Å². The van der Waals surface area contributed by atoms with E-state index in [0.717, 1.165) is 57.2 Å². The average molecular weight is 287 g/mol. The van der Waals surface area contributed by atoms with Gasteiger partial charge in [-0.2, -0.15) is 11.8 Å². The van der Waals surface area contributed by atoms with Gasteiger partial charge in [0.05, 0.1) is 5.60 Å². The number of thioether (sulfide) groups is 1. The second-order valence-electron chi connectivity index (χ2n) is 6.49. The highest BCUT2D eigenvalue weighted by Gasteiger charge is 2.40. The second kappa shape index (κ2) is 7.30. The van der Waals surface area contributed by atoms with Gasteiger partial charge in [-0.3, -0.25) is 0 Å². The summed E-state index contributed by atoms with van der Waals surface area (Å²) in [6, 6.07) is 0.326. The quantitative estimate of drug-likeness (QED) is 0.844. The molecule has 19 heavy (non-hydrogen) atoms. The van der Waals surface area contributed by atoms with E-state index in [2.05, 4.69) is 13.8 Å². The van der Waals surface area contributed by atoms with Crippen LogP contribution in [0.25, 0.3) is 0 Å². The van der Waals surface area contributed by atoms with Gasteiger partial charge < -0.3 is 15.2 Å². The molecule has 0 aromatic rings. The molecule has 0 amide bonds. The van der Waals surface area contributed by atoms with Gasteiger partial charge in [0.1, 0.15) is 0 Å². The molecular formula is C15H29NO2S. The van der Waals surface area contributed by atoms with Crippen molar-refractivity contribution < 1.29 is 9.47 Å². The van der Waals surface area contributed by atoms with E-state index in [1.165, 1.54) is 5.75 Å². The van der Waals surface area contributed by atoms with Crippen molar-refractivity contribution in [3.05, 3.63) is 0 Å². The second-order valence-corrected chi connectivity index (χ2v) is 7.57. The van der Waals surface area contributed by atoms with Crippen molar-refractivity contribution in [1.29, 1.82) is 0 Å². The normalized spacial score (nSPS) is 28.7. The third kappa shape index (κ3) is 4.62. The molecule has 1 spiro atoms. The van der Waals surface area contributed by atoms with E-state index >= 15 is 0 Å². The summed E-state index contributed by atoms with van der Waals surface area (Å²) >= 11 is 2.01. The Morgan fingerprint density at radius 3 is 2.63 bits per heavy atom. The molecule has 0 saturated carbocycles. The van der Waals surface area contributed by atoms with Crippen molar-refractivity contribution in [2.24, 2.45) is 17.6 Å². The molecule has 2 N–H and O–H groups in total. The zero-order valence-electron chi connectivity index (χ0n) is 12.4. The van der Waals surface area contributed by atoms with Crippen LogP contribution >= 0.6 is 11.8 Å². The van der Waals surface area contributed by atoms with E-state index in [1.807, 2.05) is 11.8 Å². The molecule has 0 aromatic carbocycles. The van der Waals surface area contributed by atoms with Crippen molar-refractivity contribution in [3.8, 4) is 0 Å². The molecule has 112 valence electrons. The van der Waals surface area contributed by atoms with Crippen LogP contribution in [0.15, 0.2) is 0 Å². The van der Waals surface area contributed by atoms with Crippen molar-refractivity contribution in [3.63, 3.8) is 0 Å². The Morgan fingerprint density at radius 2 is 1.95 bits per heavy atom. The minimum atomic E-state index is 0.0848. The third-order valence-corrected chi connectivity index (χ3v) is 5.83. The molecule has 0 aliphatic carbocycles. The van der Waals surface area contributed by atoms with Gasteiger partial charge in [-0.1, -0.05) is 13.8 Å². The summed E-state index contributed by atoms with van der Waals surface area (Å²) in [6.45, 7) is 7.12. The standard InChI is InChI=1S/C15H29NO2S/c1-12(2)10-19-11-14(16)13-3-6-18-15(9-13)4-7-17-8-5-15/h12-14H,3-11,16H2,1-2H3. The highest BCUT2D eigenvalue weighted by molar-refractivity contribution is 7.99. The Kier molecular flexibility index (Phi) is 6.00. The minimum Gasteiger partial charge on any atom is -0.381 e. The van der Waals surface area contributed by atoms with Gasteiger partial charge in [-0.25, -0.2) is 0 Å². The lowest BCUT2D eigenvalue weighted by molar-refractivity contribution is -0.148. The van der Waals surface area contributed by atoms with Crippen molar-refractivity contribution in [2.75, 3.05) is 31.3 Å². The van der Waals surface area contributed by atoms with Crippen molar-refractivity contribution >= 4 is 11.8 Å². The maximum absolute atomic E-state index is 6.42. The van der Waals surface area contributed by atoms with Crippen molar-refractivity contribution in [2.45, 2.75) is 51.2 Å². The lowest BCUT2D eigenvalue weighted by atomic mass is 9.78. The number of hydrogen-bond acceptors (Lipinski definition) is 4. The van der Waals surface area contributed by atoms with Crippen LogP contribution in [-0.2, 0) is 9.47 Å². The lowest BCUT2D eigenvalue weighted by Crippen LogP contribution is -2.48. The van der Waals surface area contributed by atoms with Crippen LogP contribution < -0.4 is 5.73 Å². The minimum absolute atomic E-state index is 0.0848. The van der Waals surface area contributed by atoms with Crippen LogP contribution in [0.4, 0.5) is 0 Å². The molecule has 2 heterocycles. The molecule has 3 nitrogen and oxygen atoms in total. The summed E-state index contributed by atoms with van der Waals surface area (Å²) in [4.78, 5) is 0. The first-order valence-electron chi connectivity index (χ1n) is 7.66. The van der Waals surface area contributed by atoms with Gasteiger partial charge in [0, 0.05) is 31.6 Å². The van der Waals surface area contributed by atoms with Gasteiger partial charge in [0.2, 0.25) is 0 Å². The van der Waals surface area contributed by atoms with Crippen LogP contribution in [0.1, 0.15) is 39.5 Å². The molecule has 0 bridgehead atoms. The number of hydrogen-bond donors (Lipinski definition) is 1. The number of rotatable bonds is 5. The van der Waals surface area contributed by atoms with Crippen LogP contribution in [0, 0.1) is 11.8 Å². The summed E-state index contributed by atoms with van der Waals surface area (Å²) in [7, 11) is 0. The van der Waals surface area contributed by atoms with E-state index in [4.69, 9.17) is 15.2 Å². The lowest BCUT2D eigenvalue weighted by Gasteiger charge is -2.44. The third-order valence-electron chi connectivity index (χ3n) is 4.30. The van der Waals surface area contributed by atoms with E-state index in [9.17, 15) is 0 Å². The first-order chi connectivity index (χ1) is 9.11. The Balaban J connectivity index is 1.79. The predicted octanol–water partition coefficient (Wildman–Crippen LogP) is 2.68. The van der Waals surface area contributed by atoms with E-state index in [0.29, 0.717) is 12.0 Å². The van der Waals surface area contributed by atoms with Crippen LogP contribution in [-0.4, -0.2) is 43.0 Å². The van der Waals surface area contributed by atoms with E-state index < -0.39 is 0 Å². The van der Waals surface area contributed by atoms with Gasteiger partial charge in [0.25, 0.3) is 0 Å². The maximum Gasteiger partial charge on any atom is 0.0729 e. The highest BCUT2D eigenvalue weighted by atomic mass is 32.2. The predicted molar refractivity (Wildman–Crippen MR) is 81.6 cm³/mol. The van der Waals surface area contributed by atoms with Crippen LogP contribution in [0.2, 0.25) is 0 Å². The zero-order chi connectivity index (χ0) is 13.7. The Morgan fingerprint density at radius 1 is 1.21 bits per heavy atom. The molecule has 2 aliphatic rings. The number of ether oxygens (including phenoxy) is 2. The molecule has 2 unspecified atom stereocenters. The fraction of sp³-hybridized carbons (Fsp3) is 1.00. The Bertz CT molecular complexity index is 261. The van der Waals surface area contributed by atoms with Crippen molar-refractivity contribution in [1.82, 2.24) is 0 Å². The average Bonchev–Trinajstić information content (AvgIpc) is 2.39. The molecule has 4 heteroatoms. The number of nitrogens with two attached hydrogens (primary N) is 1. The molecule has 0 radical (unpaired) electrons. The maximum atomic E-state index is 6.42. The monoisotopic (exact) mass is 287 g/mol. The van der Waals surface area contributed by atoms with Gasteiger partial charge in [0.15, 0.2) is 0 Å². The van der Waals surface area contributed by atoms with Gasteiger partial charge >= 0.3 is 0 Å². The molecule has 2 rings (SSSR count). The first kappa shape index (κ1) is 15.6. The van der Waals surface area contributed by atoms with Crippen LogP contribution in [0.5, 0.6) is 0 Å². The summed E-state index contributed by atoms with van der Waals surface area (Å²) in [5, 5.41) is 0. The summed E-state index contributed by atoms with van der Waals surface area (Å²) in [6.07, 6.45) is 4.37. The molecular weight excluding hydrogens is 258 g/mol. The SMILES string of the molecule is CC(C)CSCC(N)C1CCOC2(CCOCC2)C1. The molecule has 2 aliphatic heterocycles. The fourth-order valence-corrected chi connectivity index (χ4v) is 4.25. The largest absolute Gasteiger partial charge is 0.381 e. The molecule has 2 saturated heterocycles. The first-order valence-corrected chi connectivity index (χ1v) is 8.82. The highest BCUT2D eigenvalue weighted by Crippen LogP contribution is 2.38. The summed E-state index contributed by atoms with van der Waals surface area (Å²) in [5.41, 5.74) is 6.50. The Labute approximate surface area is 122 Å². The van der Waals surface area contributed by atoms with Gasteiger partial charge in [-0.15, -0.1) is 0 Å². The molecule has 0 aromatic heterocycles. The fourth-order valence-electron chi connectivity index (χ4n) is 3.10.